The summed E-state index contributed by atoms with van der Waals surface area (Å²) in [7, 11) is 8.59. The molecule has 2 fully saturated rings. The van der Waals surface area contributed by atoms with Crippen molar-refractivity contribution in [1.29, 1.82) is 0 Å². The van der Waals surface area contributed by atoms with Gasteiger partial charge < -0.3 is 65.8 Å². The number of nitrogens with one attached hydrogen (secondary N) is 5. The Kier molecular flexibility index (Phi) is 32.7. The quantitative estimate of drug-likeness (QED) is 0.125. The molecule has 6 N–H and O–H groups in total. The Hall–Kier alpha value is -6.44. The Balaban J connectivity index is 2.46. The molecule has 96 heavy (non-hydrogen) atoms. The van der Waals surface area contributed by atoms with Gasteiger partial charge in [0, 0.05) is 59.8 Å². The second-order valence-electron chi connectivity index (χ2n) is 30.0. The first-order valence-electron chi connectivity index (χ1n) is 34.4. The van der Waals surface area contributed by atoms with Crippen LogP contribution < -0.4 is 26.6 Å². The highest BCUT2D eigenvalue weighted by atomic mass is 35.5. The van der Waals surface area contributed by atoms with Crippen molar-refractivity contribution in [1.82, 2.24) is 60.9 Å². The van der Waals surface area contributed by atoms with Gasteiger partial charge >= 0.3 is 0 Å². The molecule has 0 radical (unpaired) electrons. The lowest BCUT2D eigenvalue weighted by atomic mass is 9.96. The highest BCUT2D eigenvalue weighted by Gasteiger charge is 2.45. The van der Waals surface area contributed by atoms with Crippen LogP contribution in [-0.4, -0.2) is 245 Å². The van der Waals surface area contributed by atoms with Crippen LogP contribution in [0.1, 0.15) is 168 Å². The van der Waals surface area contributed by atoms with Gasteiger partial charge in [-0.05, 0) is 140 Å². The summed E-state index contributed by atoms with van der Waals surface area (Å²) in [5.41, 5.74) is -0.319. The molecule has 0 bridgehead atoms. The van der Waals surface area contributed by atoms with Gasteiger partial charge in [-0.3, -0.25) is 57.6 Å². The van der Waals surface area contributed by atoms with E-state index in [1.54, 1.807) is 57.0 Å². The van der Waals surface area contributed by atoms with Gasteiger partial charge in [0.1, 0.15) is 48.3 Å². The van der Waals surface area contributed by atoms with Gasteiger partial charge in [0.05, 0.1) is 30.5 Å². The van der Waals surface area contributed by atoms with Crippen molar-refractivity contribution in [2.24, 2.45) is 35.5 Å². The van der Waals surface area contributed by atoms with Crippen LogP contribution in [0.5, 0.6) is 0 Å². The van der Waals surface area contributed by atoms with Crippen LogP contribution in [0.25, 0.3) is 0 Å². The van der Waals surface area contributed by atoms with Crippen molar-refractivity contribution in [2.45, 2.75) is 247 Å². The van der Waals surface area contributed by atoms with Crippen molar-refractivity contribution < 1.29 is 62.6 Å². The predicted octanol–water partition coefficient (Wildman–Crippen LogP) is 4.44. The molecule has 1 aromatic rings. The molecule has 0 aromatic heterocycles. The Morgan fingerprint density at radius 1 is 0.542 bits per heavy atom. The SMILES string of the molecule is CC(C)CC1C(=O)N(C)[C@@H](CC(C)C)C(=O)N[C@H](C(=O)N2CCCCC2)C(=O)N[C@H](C(C)C)N(C)[C@@H](C(C)C)C(=O)N[C@@H](CC(C)C)C(=O)N(C)[C@@H](Cc2cccc(Cl)c2)C(=O)N[C@H](COC(C)(C)C)C(=O)N(C)[C@H](CC(C)C)C(=O)N[C@@H]([C@@H](C)O)C(=O)N(C)[C@@H](C)C(=O)N1C. The molecule has 1 unspecified atom stereocenters. The number of amides is 11. The van der Waals surface area contributed by atoms with Crippen LogP contribution >= 0.6 is 11.6 Å². The molecule has 12 atom stereocenters. The fourth-order valence-electron chi connectivity index (χ4n) is 12.4. The van der Waals surface area contributed by atoms with E-state index < -0.39 is 162 Å². The highest BCUT2D eigenvalue weighted by molar-refractivity contribution is 6.30. The molecule has 26 heteroatoms. The van der Waals surface area contributed by atoms with E-state index in [1.165, 1.54) is 68.7 Å². The number of aliphatic hydroxyl groups excluding tert-OH is 1. The molecular formula is C70H119ClN12O13. The lowest BCUT2D eigenvalue weighted by Crippen LogP contribution is -2.65. The van der Waals surface area contributed by atoms with E-state index in [2.05, 4.69) is 26.6 Å². The molecule has 0 aliphatic carbocycles. The lowest BCUT2D eigenvalue weighted by Gasteiger charge is -2.40. The van der Waals surface area contributed by atoms with Crippen molar-refractivity contribution in [2.75, 3.05) is 62.0 Å². The molecule has 2 aliphatic rings. The summed E-state index contributed by atoms with van der Waals surface area (Å²) >= 11 is 6.51. The molecule has 1 aromatic carbocycles. The number of aliphatic hydroxyl groups is 1. The first-order chi connectivity index (χ1) is 44.4. The summed E-state index contributed by atoms with van der Waals surface area (Å²) in [4.78, 5) is 175. The van der Waals surface area contributed by atoms with Crippen LogP contribution in [-0.2, 0) is 63.9 Å². The zero-order chi connectivity index (χ0) is 73.3. The van der Waals surface area contributed by atoms with E-state index in [-0.39, 0.29) is 55.8 Å². The maximum Gasteiger partial charge on any atom is 0.254 e. The van der Waals surface area contributed by atoms with E-state index in [1.807, 2.05) is 83.1 Å². The smallest absolute Gasteiger partial charge is 0.254 e. The normalized spacial score (nSPS) is 26.6. The number of carbonyl (C=O) groups is 11. The second kappa shape index (κ2) is 37.5. The van der Waals surface area contributed by atoms with Gasteiger partial charge in [-0.25, -0.2) is 0 Å². The maximum atomic E-state index is 15.4. The fraction of sp³-hybridized carbons (Fsp3) is 0.757. The van der Waals surface area contributed by atoms with Crippen molar-refractivity contribution in [3.8, 4) is 0 Å². The minimum Gasteiger partial charge on any atom is -0.391 e. The molecule has 3 rings (SSSR count). The Bertz CT molecular complexity index is 2820. The number of nitrogens with zero attached hydrogens (tertiary/aromatic N) is 7. The number of halogens is 1. The summed E-state index contributed by atoms with van der Waals surface area (Å²) in [5, 5.41) is 26.0. The highest BCUT2D eigenvalue weighted by Crippen LogP contribution is 2.25. The molecule has 11 amide bonds. The monoisotopic (exact) mass is 1370 g/mol. The summed E-state index contributed by atoms with van der Waals surface area (Å²) in [6, 6.07) is -7.14. The van der Waals surface area contributed by atoms with Crippen LogP contribution in [0.2, 0.25) is 5.02 Å². The minimum atomic E-state index is -1.81. The number of carbonyl (C=O) groups excluding carboxylic acids is 11. The third kappa shape index (κ3) is 23.9. The number of likely N-dealkylation sites (N-methyl/N-ethyl adjacent to an activating group) is 6. The number of likely N-dealkylation sites (tertiary alicyclic amines) is 1. The fourth-order valence-corrected chi connectivity index (χ4v) is 12.6. The number of benzene rings is 1. The molecule has 2 heterocycles. The minimum absolute atomic E-state index is 0.0274. The number of hydrogen-bond acceptors (Lipinski definition) is 14. The van der Waals surface area contributed by atoms with Crippen LogP contribution in [0.4, 0.5) is 0 Å². The van der Waals surface area contributed by atoms with Crippen molar-refractivity contribution in [3.05, 3.63) is 34.9 Å². The Morgan fingerprint density at radius 3 is 1.50 bits per heavy atom. The standard InChI is InChI=1S/C70H119ClN12O13/c1-39(2)32-49-65(91)79(20)53(37-47-28-27-29-48(71)36-47)59(85)73-50(38-96-70(15,16)17)66(92)78(19)51(33-40(3)4)60(86)74-55(46(14)84)68(94)77(18)45(13)64(90)81(22)54(35-42(7)8)67(93)80(21)52(34-41(5)6)61(87)75-56(69(95)83-30-25-24-26-31-83)62(88)76-58(44(11)12)82(23)57(43(9)10)63(89)72-49/h27-29,36,39-46,49-58,84H,24-26,30-35,37-38H2,1-23H3,(H,72,89)(H,73,85)(H,74,86)(H,75,87)(H,76,88)/t45-,46+,49-,50+,51+,52-,53-,54?,55-,56-,57-,58-/m0/s1. The zero-order valence-electron chi connectivity index (χ0n) is 61.8. The number of hydrogen-bond donors (Lipinski definition) is 6. The van der Waals surface area contributed by atoms with Crippen LogP contribution in [0, 0.1) is 35.5 Å². The molecule has 25 nitrogen and oxygen atoms in total. The Labute approximate surface area is 577 Å². The van der Waals surface area contributed by atoms with Gasteiger partial charge in [-0.15, -0.1) is 0 Å². The molecular weight excluding hydrogens is 1250 g/mol. The summed E-state index contributed by atoms with van der Waals surface area (Å²) in [6.07, 6.45) is -0.211. The number of ether oxygens (including phenoxy) is 1. The van der Waals surface area contributed by atoms with E-state index in [9.17, 15) is 24.3 Å². The lowest BCUT2D eigenvalue weighted by molar-refractivity contribution is -0.153. The van der Waals surface area contributed by atoms with Gasteiger partial charge in [-0.2, -0.15) is 0 Å². The summed E-state index contributed by atoms with van der Waals surface area (Å²) in [5.74, 6) is -10.1. The predicted molar refractivity (Wildman–Crippen MR) is 370 cm³/mol. The number of piperidine rings is 1. The first kappa shape index (κ1) is 83.8. The molecule has 2 aliphatic heterocycles. The Morgan fingerprint density at radius 2 is 1.01 bits per heavy atom. The third-order valence-corrected chi connectivity index (χ3v) is 18.2. The van der Waals surface area contributed by atoms with Gasteiger partial charge in [-0.1, -0.05) is 107 Å². The van der Waals surface area contributed by atoms with Gasteiger partial charge in [0.2, 0.25) is 53.2 Å². The molecule has 0 saturated carbocycles. The molecule has 544 valence electrons. The molecule has 2 saturated heterocycles. The van der Waals surface area contributed by atoms with Crippen molar-refractivity contribution >= 4 is 76.6 Å². The topological polar surface area (TPSA) is 300 Å². The van der Waals surface area contributed by atoms with E-state index >= 15 is 33.6 Å². The van der Waals surface area contributed by atoms with Crippen LogP contribution in [0.15, 0.2) is 24.3 Å². The van der Waals surface area contributed by atoms with Gasteiger partial charge in [0.25, 0.3) is 11.8 Å². The molecule has 0 spiro atoms. The average molecular weight is 1370 g/mol. The first-order valence-corrected chi connectivity index (χ1v) is 34.7. The van der Waals surface area contributed by atoms with Crippen LogP contribution in [0.3, 0.4) is 0 Å². The summed E-state index contributed by atoms with van der Waals surface area (Å²) in [6.45, 7) is 30.3. The second-order valence-corrected chi connectivity index (χ2v) is 30.4. The maximum absolute atomic E-state index is 15.4. The van der Waals surface area contributed by atoms with E-state index in [4.69, 9.17) is 16.3 Å². The zero-order valence-corrected chi connectivity index (χ0v) is 62.6. The van der Waals surface area contributed by atoms with E-state index in [0.29, 0.717) is 36.5 Å². The third-order valence-electron chi connectivity index (χ3n) is 18.0. The largest absolute Gasteiger partial charge is 0.391 e. The summed E-state index contributed by atoms with van der Waals surface area (Å²) < 4.78 is 6.19. The van der Waals surface area contributed by atoms with Crippen molar-refractivity contribution in [3.63, 3.8) is 0 Å². The average Bonchev–Trinajstić information content (AvgIpc) is 0.831. The van der Waals surface area contributed by atoms with E-state index in [0.717, 1.165) is 16.2 Å². The van der Waals surface area contributed by atoms with Gasteiger partial charge in [0.15, 0.2) is 6.04 Å². The number of rotatable bonds is 16.